The predicted molar refractivity (Wildman–Crippen MR) is 130 cm³/mol. The van der Waals surface area contributed by atoms with Gasteiger partial charge in [0.2, 0.25) is 0 Å². The SMILES string of the molecule is CCc1ccc(C(CNC(=O)c2ccc(C)c(NC(=O)c3ccccc3)c2)N(C)C)cc1. The number of benzene rings is 3. The van der Waals surface area contributed by atoms with Crippen molar-refractivity contribution in [1.29, 1.82) is 0 Å². The Bertz CT molecular complexity index is 1060. The number of nitrogens with one attached hydrogen (secondary N) is 2. The number of nitrogens with zero attached hydrogens (tertiary/aromatic N) is 1. The Kier molecular flexibility index (Phi) is 7.79. The second-order valence-electron chi connectivity index (χ2n) is 8.13. The van der Waals surface area contributed by atoms with Gasteiger partial charge in [0.1, 0.15) is 0 Å². The normalized spacial score (nSPS) is 11.8. The molecule has 0 spiro atoms. The summed E-state index contributed by atoms with van der Waals surface area (Å²) < 4.78 is 0. The number of rotatable bonds is 8. The number of likely N-dealkylation sites (N-methyl/N-ethyl adjacent to an activating group) is 1. The molecule has 3 aromatic rings. The zero-order chi connectivity index (χ0) is 23.1. The summed E-state index contributed by atoms with van der Waals surface area (Å²) >= 11 is 0. The van der Waals surface area contributed by atoms with Crippen molar-refractivity contribution in [2.75, 3.05) is 26.0 Å². The first kappa shape index (κ1) is 23.2. The van der Waals surface area contributed by atoms with Crippen molar-refractivity contribution in [3.05, 3.63) is 101 Å². The lowest BCUT2D eigenvalue weighted by Crippen LogP contribution is -2.34. The summed E-state index contributed by atoms with van der Waals surface area (Å²) in [6, 6.07) is 23.0. The van der Waals surface area contributed by atoms with E-state index in [0.717, 1.165) is 17.5 Å². The van der Waals surface area contributed by atoms with Crippen molar-refractivity contribution in [2.45, 2.75) is 26.3 Å². The lowest BCUT2D eigenvalue weighted by atomic mass is 10.0. The fourth-order valence-corrected chi connectivity index (χ4v) is 3.55. The number of aryl methyl sites for hydroxylation is 2. The van der Waals surface area contributed by atoms with Crippen LogP contribution in [0.1, 0.15) is 50.4 Å². The largest absolute Gasteiger partial charge is 0.350 e. The molecule has 0 aliphatic carbocycles. The number of hydrogen-bond donors (Lipinski definition) is 2. The minimum Gasteiger partial charge on any atom is -0.350 e. The van der Waals surface area contributed by atoms with Gasteiger partial charge < -0.3 is 15.5 Å². The van der Waals surface area contributed by atoms with Crippen LogP contribution in [0.4, 0.5) is 5.69 Å². The molecule has 2 amide bonds. The third kappa shape index (κ3) is 5.83. The minimum atomic E-state index is -0.200. The van der Waals surface area contributed by atoms with E-state index in [0.29, 0.717) is 23.4 Å². The first-order valence-electron chi connectivity index (χ1n) is 10.9. The molecule has 3 aromatic carbocycles. The fourth-order valence-electron chi connectivity index (χ4n) is 3.55. The third-order valence-electron chi connectivity index (χ3n) is 5.64. The van der Waals surface area contributed by atoms with Gasteiger partial charge in [-0.1, -0.05) is 55.5 Å². The van der Waals surface area contributed by atoms with E-state index in [9.17, 15) is 9.59 Å². The molecule has 0 fully saturated rings. The van der Waals surface area contributed by atoms with Crippen LogP contribution in [-0.4, -0.2) is 37.4 Å². The lowest BCUT2D eigenvalue weighted by molar-refractivity contribution is 0.0940. The molecule has 1 atom stereocenters. The van der Waals surface area contributed by atoms with Crippen molar-refractivity contribution >= 4 is 17.5 Å². The van der Waals surface area contributed by atoms with Crippen LogP contribution in [0, 0.1) is 6.92 Å². The highest BCUT2D eigenvalue weighted by Crippen LogP contribution is 2.20. The van der Waals surface area contributed by atoms with E-state index in [1.807, 2.05) is 45.3 Å². The molecule has 32 heavy (non-hydrogen) atoms. The van der Waals surface area contributed by atoms with Gasteiger partial charge in [-0.3, -0.25) is 9.59 Å². The Morgan fingerprint density at radius 2 is 1.56 bits per heavy atom. The molecular weight excluding hydrogens is 398 g/mol. The van der Waals surface area contributed by atoms with Gasteiger partial charge in [-0.25, -0.2) is 0 Å². The molecule has 0 bridgehead atoms. The molecule has 0 aromatic heterocycles. The second kappa shape index (κ2) is 10.7. The van der Waals surface area contributed by atoms with Crippen molar-refractivity contribution in [2.24, 2.45) is 0 Å². The van der Waals surface area contributed by atoms with E-state index >= 15 is 0 Å². The van der Waals surface area contributed by atoms with Gasteiger partial charge in [0.05, 0.1) is 6.04 Å². The first-order chi connectivity index (χ1) is 15.4. The molecule has 0 heterocycles. The van der Waals surface area contributed by atoms with E-state index in [-0.39, 0.29) is 17.9 Å². The summed E-state index contributed by atoms with van der Waals surface area (Å²) in [7, 11) is 4.02. The number of hydrogen-bond acceptors (Lipinski definition) is 3. The molecule has 0 aliphatic rings. The highest BCUT2D eigenvalue weighted by Gasteiger charge is 2.17. The molecule has 5 nitrogen and oxygen atoms in total. The van der Waals surface area contributed by atoms with Gasteiger partial charge in [0.15, 0.2) is 0 Å². The molecule has 5 heteroatoms. The Morgan fingerprint density at radius 3 is 2.19 bits per heavy atom. The average Bonchev–Trinajstić information content (AvgIpc) is 2.81. The van der Waals surface area contributed by atoms with E-state index in [4.69, 9.17) is 0 Å². The summed E-state index contributed by atoms with van der Waals surface area (Å²) in [6.07, 6.45) is 1.00. The van der Waals surface area contributed by atoms with E-state index in [1.165, 1.54) is 5.56 Å². The van der Waals surface area contributed by atoms with Gasteiger partial charge in [-0.2, -0.15) is 0 Å². The van der Waals surface area contributed by atoms with E-state index in [2.05, 4.69) is 46.7 Å². The van der Waals surface area contributed by atoms with Crippen LogP contribution < -0.4 is 10.6 Å². The summed E-state index contributed by atoms with van der Waals surface area (Å²) in [5, 5.41) is 5.96. The molecule has 0 radical (unpaired) electrons. The van der Waals surface area contributed by atoms with Gasteiger partial charge in [-0.05, 0) is 68.4 Å². The standard InChI is InChI=1S/C27H31N3O2/c1-5-20-12-15-21(16-13-20)25(30(3)4)18-28-26(31)23-14-11-19(2)24(17-23)29-27(32)22-9-7-6-8-10-22/h6-17,25H,5,18H2,1-4H3,(H,28,31)(H,29,32). The van der Waals surface area contributed by atoms with Crippen molar-refractivity contribution in [1.82, 2.24) is 10.2 Å². The van der Waals surface area contributed by atoms with Crippen LogP contribution in [0.25, 0.3) is 0 Å². The highest BCUT2D eigenvalue weighted by atomic mass is 16.2. The highest BCUT2D eigenvalue weighted by molar-refractivity contribution is 6.05. The minimum absolute atomic E-state index is 0.0626. The molecule has 3 rings (SSSR count). The maximum atomic E-state index is 12.9. The zero-order valence-electron chi connectivity index (χ0n) is 19.2. The van der Waals surface area contributed by atoms with Crippen LogP contribution in [0.5, 0.6) is 0 Å². The Labute approximate surface area is 190 Å². The molecule has 2 N–H and O–H groups in total. The Hall–Kier alpha value is -3.44. The van der Waals surface area contributed by atoms with Gasteiger partial charge in [0.25, 0.3) is 11.8 Å². The number of amides is 2. The zero-order valence-corrected chi connectivity index (χ0v) is 19.2. The molecule has 166 valence electrons. The molecule has 1 unspecified atom stereocenters. The molecule has 0 saturated heterocycles. The molecule has 0 aliphatic heterocycles. The predicted octanol–water partition coefficient (Wildman–Crippen LogP) is 4.84. The van der Waals surface area contributed by atoms with Crippen LogP contribution in [-0.2, 0) is 6.42 Å². The number of carbonyl (C=O) groups excluding carboxylic acids is 2. The Balaban J connectivity index is 1.70. The maximum absolute atomic E-state index is 12.9. The van der Waals surface area contributed by atoms with Gasteiger partial charge >= 0.3 is 0 Å². The van der Waals surface area contributed by atoms with Crippen LogP contribution in [0.2, 0.25) is 0 Å². The Morgan fingerprint density at radius 1 is 0.875 bits per heavy atom. The second-order valence-corrected chi connectivity index (χ2v) is 8.13. The molecular formula is C27H31N3O2. The third-order valence-corrected chi connectivity index (χ3v) is 5.64. The summed E-state index contributed by atoms with van der Waals surface area (Å²) in [6.45, 7) is 4.53. The number of carbonyl (C=O) groups is 2. The summed E-state index contributed by atoms with van der Waals surface area (Å²) in [5.74, 6) is -0.369. The van der Waals surface area contributed by atoms with Gasteiger partial charge in [0, 0.05) is 23.4 Å². The van der Waals surface area contributed by atoms with E-state index in [1.54, 1.807) is 24.3 Å². The molecule has 0 saturated carbocycles. The van der Waals surface area contributed by atoms with Crippen LogP contribution in [0.3, 0.4) is 0 Å². The summed E-state index contributed by atoms with van der Waals surface area (Å²) in [5.41, 5.74) is 5.06. The van der Waals surface area contributed by atoms with E-state index < -0.39 is 0 Å². The smallest absolute Gasteiger partial charge is 0.255 e. The average molecular weight is 430 g/mol. The number of anilines is 1. The monoisotopic (exact) mass is 429 g/mol. The van der Waals surface area contributed by atoms with Crippen LogP contribution >= 0.6 is 0 Å². The van der Waals surface area contributed by atoms with Crippen molar-refractivity contribution in [3.8, 4) is 0 Å². The lowest BCUT2D eigenvalue weighted by Gasteiger charge is -2.25. The fraction of sp³-hybridized carbons (Fsp3) is 0.259. The van der Waals surface area contributed by atoms with Gasteiger partial charge in [-0.15, -0.1) is 0 Å². The summed E-state index contributed by atoms with van der Waals surface area (Å²) in [4.78, 5) is 27.5. The quantitative estimate of drug-likeness (QED) is 0.538. The van der Waals surface area contributed by atoms with Crippen LogP contribution in [0.15, 0.2) is 72.8 Å². The topological polar surface area (TPSA) is 61.4 Å². The maximum Gasteiger partial charge on any atom is 0.255 e. The first-order valence-corrected chi connectivity index (χ1v) is 10.9. The van der Waals surface area contributed by atoms with Crippen molar-refractivity contribution < 1.29 is 9.59 Å². The van der Waals surface area contributed by atoms with Crippen molar-refractivity contribution in [3.63, 3.8) is 0 Å².